The molecule has 180 valence electrons. The molecule has 4 rings (SSSR count). The largest absolute Gasteiger partial charge is 0.442 e. The second-order valence-electron chi connectivity index (χ2n) is 8.06. The van der Waals surface area contributed by atoms with Gasteiger partial charge in [-0.2, -0.15) is 0 Å². The van der Waals surface area contributed by atoms with Crippen LogP contribution in [0.1, 0.15) is 23.2 Å². The number of benzene rings is 2. The smallest absolute Gasteiger partial charge is 0.414 e. The third-order valence-electron chi connectivity index (χ3n) is 5.73. The second kappa shape index (κ2) is 10.8. The molecule has 2 aliphatic heterocycles. The number of anilines is 2. The molecule has 2 aromatic rings. The number of halogens is 2. The molecule has 1 atom stereocenters. The molecule has 2 aliphatic rings. The van der Waals surface area contributed by atoms with Crippen molar-refractivity contribution >= 4 is 40.8 Å². The number of carbonyl (C=O) groups excluding carboxylic acids is 3. The summed E-state index contributed by atoms with van der Waals surface area (Å²) in [6, 6.07) is 11.1. The summed E-state index contributed by atoms with van der Waals surface area (Å²) in [6.45, 7) is 2.26. The minimum atomic E-state index is -0.600. The standard InChI is InChI=1S/C24H25ClFN3O5/c25-17-6-4-16(5-7-17)21(30)8-9-22(31)27-14-18-15-29(24(32)34-18)20-3-1-2-19(26)23(20)28-10-12-33-13-11-28/h1-7,18H,8-15H2,(H,27,31)/t18-/m0/s1. The number of Topliss-reactive ketones (excluding diaryl/α,β-unsaturated/α-hetero) is 1. The summed E-state index contributed by atoms with van der Waals surface area (Å²) in [5, 5.41) is 3.24. The zero-order valence-corrected chi connectivity index (χ0v) is 19.2. The molecule has 0 aromatic heterocycles. The van der Waals surface area contributed by atoms with Crippen molar-refractivity contribution in [3.8, 4) is 0 Å². The van der Waals surface area contributed by atoms with E-state index in [0.717, 1.165) is 0 Å². The zero-order valence-electron chi connectivity index (χ0n) is 18.5. The van der Waals surface area contributed by atoms with Gasteiger partial charge in [0.1, 0.15) is 11.9 Å². The van der Waals surface area contributed by atoms with Crippen molar-refractivity contribution in [1.82, 2.24) is 5.32 Å². The number of cyclic esters (lactones) is 1. The highest BCUT2D eigenvalue weighted by atomic mass is 35.5. The van der Waals surface area contributed by atoms with E-state index >= 15 is 0 Å². The van der Waals surface area contributed by atoms with Gasteiger partial charge in [-0.3, -0.25) is 14.5 Å². The molecular weight excluding hydrogens is 465 g/mol. The Bertz CT molecular complexity index is 1060. The minimum absolute atomic E-state index is 0.0108. The normalized spacial score (nSPS) is 18.1. The number of hydrogen-bond donors (Lipinski definition) is 1. The fourth-order valence-electron chi connectivity index (χ4n) is 3.97. The maximum atomic E-state index is 14.7. The molecule has 0 aliphatic carbocycles. The average molecular weight is 490 g/mol. The second-order valence-corrected chi connectivity index (χ2v) is 8.49. The Morgan fingerprint density at radius 2 is 1.82 bits per heavy atom. The highest BCUT2D eigenvalue weighted by Crippen LogP contribution is 2.35. The van der Waals surface area contributed by atoms with E-state index in [9.17, 15) is 18.8 Å². The molecule has 0 spiro atoms. The van der Waals surface area contributed by atoms with Crippen LogP contribution in [0.3, 0.4) is 0 Å². The van der Waals surface area contributed by atoms with Gasteiger partial charge < -0.3 is 19.7 Å². The van der Waals surface area contributed by atoms with Gasteiger partial charge in [0.05, 0.1) is 37.7 Å². The van der Waals surface area contributed by atoms with Crippen molar-refractivity contribution in [2.45, 2.75) is 18.9 Å². The van der Waals surface area contributed by atoms with E-state index in [1.807, 2.05) is 4.90 Å². The van der Waals surface area contributed by atoms with Gasteiger partial charge in [0.15, 0.2) is 5.78 Å². The highest BCUT2D eigenvalue weighted by Gasteiger charge is 2.35. The Hall–Kier alpha value is -3.17. The molecular formula is C24H25ClFN3O5. The Kier molecular flexibility index (Phi) is 7.64. The lowest BCUT2D eigenvalue weighted by molar-refractivity contribution is -0.121. The summed E-state index contributed by atoms with van der Waals surface area (Å²) < 4.78 is 25.4. The Morgan fingerprint density at radius 3 is 2.56 bits per heavy atom. The van der Waals surface area contributed by atoms with Crippen molar-refractivity contribution in [2.24, 2.45) is 0 Å². The first kappa shape index (κ1) is 24.0. The molecule has 0 unspecified atom stereocenters. The first-order chi connectivity index (χ1) is 16.4. The molecule has 34 heavy (non-hydrogen) atoms. The lowest BCUT2D eigenvalue weighted by atomic mass is 10.1. The van der Waals surface area contributed by atoms with Crippen LogP contribution in [0, 0.1) is 5.82 Å². The van der Waals surface area contributed by atoms with Crippen molar-refractivity contribution in [1.29, 1.82) is 0 Å². The number of para-hydroxylation sites is 1. The summed E-state index contributed by atoms with van der Waals surface area (Å²) in [6.07, 6.45) is -1.13. The lowest BCUT2D eigenvalue weighted by Crippen LogP contribution is -2.39. The molecule has 2 saturated heterocycles. The van der Waals surface area contributed by atoms with Gasteiger partial charge in [0.2, 0.25) is 5.91 Å². The molecule has 1 N–H and O–H groups in total. The summed E-state index contributed by atoms with van der Waals surface area (Å²) in [7, 11) is 0. The van der Waals surface area contributed by atoms with Crippen molar-refractivity contribution in [3.63, 3.8) is 0 Å². The molecule has 10 heteroatoms. The van der Waals surface area contributed by atoms with E-state index < -0.39 is 18.0 Å². The van der Waals surface area contributed by atoms with Gasteiger partial charge in [-0.1, -0.05) is 17.7 Å². The van der Waals surface area contributed by atoms with E-state index in [-0.39, 0.29) is 37.6 Å². The van der Waals surface area contributed by atoms with Gasteiger partial charge in [-0.25, -0.2) is 9.18 Å². The predicted octanol–water partition coefficient (Wildman–Crippen LogP) is 3.42. The Balaban J connectivity index is 1.31. The molecule has 8 nitrogen and oxygen atoms in total. The Morgan fingerprint density at radius 1 is 1.09 bits per heavy atom. The van der Waals surface area contributed by atoms with Crippen LogP contribution >= 0.6 is 11.6 Å². The van der Waals surface area contributed by atoms with E-state index in [1.165, 1.54) is 11.0 Å². The SMILES string of the molecule is O=C(CCC(=O)c1ccc(Cl)cc1)NC[C@H]1CN(c2cccc(F)c2N2CCOCC2)C(=O)O1. The van der Waals surface area contributed by atoms with Gasteiger partial charge in [0, 0.05) is 36.5 Å². The van der Waals surface area contributed by atoms with Crippen LogP contribution in [0.5, 0.6) is 0 Å². The fraction of sp³-hybridized carbons (Fsp3) is 0.375. The summed E-state index contributed by atoms with van der Waals surface area (Å²) in [5.41, 5.74) is 1.26. The maximum absolute atomic E-state index is 14.7. The predicted molar refractivity (Wildman–Crippen MR) is 125 cm³/mol. The Labute approximate surface area is 201 Å². The van der Waals surface area contributed by atoms with Crippen LogP contribution in [0.4, 0.5) is 20.6 Å². The fourth-order valence-corrected chi connectivity index (χ4v) is 4.10. The summed E-state index contributed by atoms with van der Waals surface area (Å²) >= 11 is 5.82. The van der Waals surface area contributed by atoms with Crippen LogP contribution < -0.4 is 15.1 Å². The number of nitrogens with one attached hydrogen (secondary N) is 1. The quantitative estimate of drug-likeness (QED) is 0.572. The van der Waals surface area contributed by atoms with Crippen molar-refractivity contribution in [3.05, 3.63) is 58.9 Å². The van der Waals surface area contributed by atoms with E-state index in [1.54, 1.807) is 36.4 Å². The van der Waals surface area contributed by atoms with Crippen LogP contribution in [0.25, 0.3) is 0 Å². The van der Waals surface area contributed by atoms with Crippen molar-refractivity contribution < 1.29 is 28.2 Å². The lowest BCUT2D eigenvalue weighted by Gasteiger charge is -2.32. The van der Waals surface area contributed by atoms with E-state index in [0.29, 0.717) is 48.3 Å². The number of amides is 2. The maximum Gasteiger partial charge on any atom is 0.414 e. The van der Waals surface area contributed by atoms with Crippen molar-refractivity contribution in [2.75, 3.05) is 49.2 Å². The number of nitrogens with zero attached hydrogens (tertiary/aromatic N) is 2. The zero-order chi connectivity index (χ0) is 24.1. The number of morpholine rings is 1. The van der Waals surface area contributed by atoms with E-state index in [4.69, 9.17) is 21.1 Å². The number of ether oxygens (including phenoxy) is 2. The third kappa shape index (κ3) is 5.66. The van der Waals surface area contributed by atoms with Crippen LogP contribution in [0.2, 0.25) is 5.02 Å². The monoisotopic (exact) mass is 489 g/mol. The number of ketones is 1. The van der Waals surface area contributed by atoms with Crippen LogP contribution in [0.15, 0.2) is 42.5 Å². The molecule has 2 amide bonds. The molecule has 0 saturated carbocycles. The van der Waals surface area contributed by atoms with E-state index in [2.05, 4.69) is 5.32 Å². The average Bonchev–Trinajstić information content (AvgIpc) is 3.22. The van der Waals surface area contributed by atoms with Gasteiger partial charge in [-0.15, -0.1) is 0 Å². The molecule has 2 heterocycles. The summed E-state index contributed by atoms with van der Waals surface area (Å²) in [5.74, 6) is -0.905. The molecule has 0 radical (unpaired) electrons. The number of rotatable bonds is 8. The van der Waals surface area contributed by atoms with Crippen LogP contribution in [-0.2, 0) is 14.3 Å². The van der Waals surface area contributed by atoms with Gasteiger partial charge >= 0.3 is 6.09 Å². The minimum Gasteiger partial charge on any atom is -0.442 e. The molecule has 2 fully saturated rings. The number of carbonyl (C=O) groups is 3. The third-order valence-corrected chi connectivity index (χ3v) is 5.98. The van der Waals surface area contributed by atoms with Crippen LogP contribution in [-0.4, -0.2) is 63.3 Å². The molecule has 0 bridgehead atoms. The topological polar surface area (TPSA) is 88.2 Å². The molecule has 2 aromatic carbocycles. The number of hydrogen-bond acceptors (Lipinski definition) is 6. The van der Waals surface area contributed by atoms with Gasteiger partial charge in [-0.05, 0) is 36.4 Å². The van der Waals surface area contributed by atoms with Gasteiger partial charge in [0.25, 0.3) is 0 Å². The first-order valence-electron chi connectivity index (χ1n) is 11.1. The highest BCUT2D eigenvalue weighted by molar-refractivity contribution is 6.30. The summed E-state index contributed by atoms with van der Waals surface area (Å²) in [4.78, 5) is 40.2. The first-order valence-corrected chi connectivity index (χ1v) is 11.4.